The van der Waals surface area contributed by atoms with E-state index >= 15 is 0 Å². The molecule has 1 N–H and O–H groups in total. The van der Waals surface area contributed by atoms with Crippen molar-refractivity contribution in [3.63, 3.8) is 0 Å². The first kappa shape index (κ1) is 16.7. The van der Waals surface area contributed by atoms with Crippen LogP contribution in [0.25, 0.3) is 0 Å². The van der Waals surface area contributed by atoms with Crippen LogP contribution in [0.3, 0.4) is 0 Å². The Hall–Kier alpha value is -1.66. The molecule has 1 saturated heterocycles. The van der Waals surface area contributed by atoms with Gasteiger partial charge < -0.3 is 10.2 Å². The van der Waals surface area contributed by atoms with E-state index in [9.17, 15) is 14.0 Å². The predicted molar refractivity (Wildman–Crippen MR) is 83.3 cm³/mol. The molecule has 1 aromatic rings. The molecular weight excluding hydrogens is 309 g/mol. The van der Waals surface area contributed by atoms with Crippen molar-refractivity contribution < 1.29 is 14.0 Å². The summed E-state index contributed by atoms with van der Waals surface area (Å²) in [6.07, 6.45) is 0. The highest BCUT2D eigenvalue weighted by Gasteiger charge is 2.26. The normalized spacial score (nSPS) is 17.2. The summed E-state index contributed by atoms with van der Waals surface area (Å²) in [6.45, 7) is 5.86. The van der Waals surface area contributed by atoms with Crippen LogP contribution in [-0.2, 0) is 9.59 Å². The second-order valence-corrected chi connectivity index (χ2v) is 5.74. The monoisotopic (exact) mass is 327 g/mol. The molecule has 0 unspecified atom stereocenters. The van der Waals surface area contributed by atoms with Gasteiger partial charge >= 0.3 is 0 Å². The Bertz CT molecular complexity index is 574. The maximum absolute atomic E-state index is 13.0. The molecule has 0 saturated carbocycles. The van der Waals surface area contributed by atoms with Crippen molar-refractivity contribution in [2.24, 2.45) is 0 Å². The molecule has 1 aromatic carbocycles. The highest BCUT2D eigenvalue weighted by Crippen LogP contribution is 2.23. The quantitative estimate of drug-likeness (QED) is 0.923. The molecule has 0 aliphatic carbocycles. The van der Waals surface area contributed by atoms with Crippen LogP contribution in [0.4, 0.5) is 10.1 Å². The number of anilines is 1. The third kappa shape index (κ3) is 3.96. The van der Waals surface area contributed by atoms with Gasteiger partial charge in [-0.2, -0.15) is 0 Å². The van der Waals surface area contributed by atoms with Gasteiger partial charge in [-0.25, -0.2) is 4.39 Å². The third-order valence-electron chi connectivity index (χ3n) is 3.88. The summed E-state index contributed by atoms with van der Waals surface area (Å²) in [5.41, 5.74) is 0.391. The second-order valence-electron chi connectivity index (χ2n) is 5.33. The molecule has 1 fully saturated rings. The Kier molecular flexibility index (Phi) is 5.37. The molecule has 22 heavy (non-hydrogen) atoms. The number of piperazine rings is 1. The van der Waals surface area contributed by atoms with Crippen molar-refractivity contribution >= 4 is 29.1 Å². The van der Waals surface area contributed by atoms with Gasteiger partial charge in [0.05, 0.1) is 16.8 Å². The standard InChI is InChI=1S/C15H19ClFN3O2/c1-10(19-5-7-20(8-6-19)11(2)21)15(22)18-14-4-3-12(17)9-13(14)16/h3-4,9-10H,5-8H2,1-2H3,(H,18,22)/t10-/m0/s1. The van der Waals surface area contributed by atoms with Crippen LogP contribution < -0.4 is 5.32 Å². The zero-order valence-corrected chi connectivity index (χ0v) is 13.4. The largest absolute Gasteiger partial charge is 0.340 e. The van der Waals surface area contributed by atoms with E-state index in [-0.39, 0.29) is 22.9 Å². The van der Waals surface area contributed by atoms with Crippen molar-refractivity contribution in [3.8, 4) is 0 Å². The van der Waals surface area contributed by atoms with Gasteiger partial charge in [0.15, 0.2) is 0 Å². The van der Waals surface area contributed by atoms with Crippen molar-refractivity contribution in [2.75, 3.05) is 31.5 Å². The van der Waals surface area contributed by atoms with Crippen LogP contribution in [0.2, 0.25) is 5.02 Å². The van der Waals surface area contributed by atoms with E-state index in [1.54, 1.807) is 18.7 Å². The first-order valence-corrected chi connectivity index (χ1v) is 7.51. The predicted octanol–water partition coefficient (Wildman–Crippen LogP) is 1.97. The number of benzene rings is 1. The summed E-state index contributed by atoms with van der Waals surface area (Å²) in [5.74, 6) is -0.601. The number of carbonyl (C=O) groups is 2. The summed E-state index contributed by atoms with van der Waals surface area (Å²) in [7, 11) is 0. The average Bonchev–Trinajstić information content (AvgIpc) is 2.49. The number of hydrogen-bond donors (Lipinski definition) is 1. The van der Waals surface area contributed by atoms with Crippen LogP contribution in [0.15, 0.2) is 18.2 Å². The van der Waals surface area contributed by atoms with Gasteiger partial charge in [0.2, 0.25) is 11.8 Å². The van der Waals surface area contributed by atoms with Gasteiger partial charge in [0.25, 0.3) is 0 Å². The van der Waals surface area contributed by atoms with E-state index in [2.05, 4.69) is 5.32 Å². The zero-order chi connectivity index (χ0) is 16.3. The molecule has 0 spiro atoms. The van der Waals surface area contributed by atoms with E-state index in [1.807, 2.05) is 4.90 Å². The number of amides is 2. The van der Waals surface area contributed by atoms with Gasteiger partial charge in [-0.05, 0) is 25.1 Å². The Balaban J connectivity index is 1.94. The molecule has 5 nitrogen and oxygen atoms in total. The van der Waals surface area contributed by atoms with E-state index in [0.29, 0.717) is 31.9 Å². The van der Waals surface area contributed by atoms with Crippen LogP contribution in [0.1, 0.15) is 13.8 Å². The molecule has 7 heteroatoms. The fourth-order valence-corrected chi connectivity index (χ4v) is 2.63. The van der Waals surface area contributed by atoms with Crippen molar-refractivity contribution in [2.45, 2.75) is 19.9 Å². The Labute approximate surface area is 134 Å². The molecule has 0 bridgehead atoms. The minimum atomic E-state index is -0.448. The zero-order valence-electron chi connectivity index (χ0n) is 12.6. The number of halogens is 2. The van der Waals surface area contributed by atoms with E-state index in [4.69, 9.17) is 11.6 Å². The van der Waals surface area contributed by atoms with Gasteiger partial charge in [-0.3, -0.25) is 14.5 Å². The summed E-state index contributed by atoms with van der Waals surface area (Å²) < 4.78 is 13.0. The lowest BCUT2D eigenvalue weighted by Crippen LogP contribution is -2.53. The molecular formula is C15H19ClFN3O2. The Morgan fingerprint density at radius 1 is 1.27 bits per heavy atom. The van der Waals surface area contributed by atoms with Crippen LogP contribution in [-0.4, -0.2) is 53.8 Å². The van der Waals surface area contributed by atoms with Gasteiger partial charge in [-0.1, -0.05) is 11.6 Å². The number of hydrogen-bond acceptors (Lipinski definition) is 3. The number of rotatable bonds is 3. The van der Waals surface area contributed by atoms with E-state index in [1.165, 1.54) is 12.1 Å². The minimum absolute atomic E-state index is 0.0508. The van der Waals surface area contributed by atoms with Gasteiger partial charge in [0, 0.05) is 33.1 Å². The van der Waals surface area contributed by atoms with Crippen molar-refractivity contribution in [1.29, 1.82) is 0 Å². The molecule has 1 atom stereocenters. The highest BCUT2D eigenvalue weighted by atomic mass is 35.5. The van der Waals surface area contributed by atoms with Crippen molar-refractivity contribution in [3.05, 3.63) is 29.0 Å². The number of nitrogens with zero attached hydrogens (tertiary/aromatic N) is 2. The molecule has 2 rings (SSSR count). The van der Waals surface area contributed by atoms with Gasteiger partial charge in [-0.15, -0.1) is 0 Å². The molecule has 0 aromatic heterocycles. The lowest BCUT2D eigenvalue weighted by atomic mass is 10.2. The minimum Gasteiger partial charge on any atom is -0.340 e. The molecule has 120 valence electrons. The topological polar surface area (TPSA) is 52.7 Å². The number of nitrogens with one attached hydrogen (secondary N) is 1. The fraction of sp³-hybridized carbons (Fsp3) is 0.467. The van der Waals surface area contributed by atoms with Crippen LogP contribution in [0.5, 0.6) is 0 Å². The maximum Gasteiger partial charge on any atom is 0.241 e. The Morgan fingerprint density at radius 2 is 1.91 bits per heavy atom. The summed E-state index contributed by atoms with van der Waals surface area (Å²) >= 11 is 5.91. The maximum atomic E-state index is 13.0. The lowest BCUT2D eigenvalue weighted by Gasteiger charge is -2.37. The lowest BCUT2D eigenvalue weighted by molar-refractivity contribution is -0.131. The molecule has 2 amide bonds. The third-order valence-corrected chi connectivity index (χ3v) is 4.19. The molecule has 1 aliphatic heterocycles. The first-order valence-electron chi connectivity index (χ1n) is 7.14. The Morgan fingerprint density at radius 3 is 2.45 bits per heavy atom. The summed E-state index contributed by atoms with van der Waals surface area (Å²) in [5, 5.41) is 2.88. The molecule has 1 aliphatic rings. The second kappa shape index (κ2) is 7.07. The summed E-state index contributed by atoms with van der Waals surface area (Å²) in [4.78, 5) is 27.3. The van der Waals surface area contributed by atoms with Crippen LogP contribution >= 0.6 is 11.6 Å². The summed E-state index contributed by atoms with van der Waals surface area (Å²) in [6, 6.07) is 3.50. The molecule has 0 radical (unpaired) electrons. The molecule has 1 heterocycles. The van der Waals surface area contributed by atoms with E-state index in [0.717, 1.165) is 6.07 Å². The highest BCUT2D eigenvalue weighted by molar-refractivity contribution is 6.33. The average molecular weight is 328 g/mol. The SMILES string of the molecule is CC(=O)N1CCN([C@@H](C)C(=O)Nc2ccc(F)cc2Cl)CC1. The van der Waals surface area contributed by atoms with Crippen molar-refractivity contribution in [1.82, 2.24) is 9.80 Å². The van der Waals surface area contributed by atoms with E-state index < -0.39 is 5.82 Å². The van der Waals surface area contributed by atoms with Crippen LogP contribution in [0, 0.1) is 5.82 Å². The fourth-order valence-electron chi connectivity index (χ4n) is 2.42. The van der Waals surface area contributed by atoms with Gasteiger partial charge in [0.1, 0.15) is 5.82 Å². The first-order chi connectivity index (χ1) is 10.4. The smallest absolute Gasteiger partial charge is 0.241 e. The number of carbonyl (C=O) groups excluding carboxylic acids is 2.